The molecule has 0 spiro atoms. The fourth-order valence-corrected chi connectivity index (χ4v) is 0.955. The van der Waals surface area contributed by atoms with Gasteiger partial charge in [0.2, 0.25) is 0 Å². The van der Waals surface area contributed by atoms with Crippen LogP contribution in [0.15, 0.2) is 0 Å². The summed E-state index contributed by atoms with van der Waals surface area (Å²) in [6.07, 6.45) is 6.23. The second-order valence-electron chi connectivity index (χ2n) is 2.33. The summed E-state index contributed by atoms with van der Waals surface area (Å²) in [7, 11) is 0. The Morgan fingerprint density at radius 3 is 1.88 bits per heavy atom. The van der Waals surface area contributed by atoms with Crippen molar-refractivity contribution < 1.29 is 0 Å². The molecule has 8 heavy (non-hydrogen) atoms. The molecule has 0 aliphatic heterocycles. The van der Waals surface area contributed by atoms with E-state index in [9.17, 15) is 0 Å². The van der Waals surface area contributed by atoms with Crippen LogP contribution in [0.3, 0.4) is 0 Å². The fraction of sp³-hybridized carbons (Fsp3) is 0.875. The maximum Gasteiger partial charge on any atom is -0.0558 e. The summed E-state index contributed by atoms with van der Waals surface area (Å²) in [6.45, 7) is 6.66. The molecule has 0 aromatic rings. The van der Waals surface area contributed by atoms with Gasteiger partial charge in [-0.1, -0.05) is 32.6 Å². The normalized spacial score (nSPS) is 10.5. The van der Waals surface area contributed by atoms with Crippen LogP contribution >= 0.6 is 0 Å². The molecule has 50 valence electrons. The van der Waals surface area contributed by atoms with Crippen molar-refractivity contribution in [2.45, 2.75) is 40.0 Å². The molecule has 0 saturated carbocycles. The standard InChI is InChI=1S/C8H17/c1-4-7-8(5-2)6-3/h4,8H,5-7H2,1-3H3/q-1. The average molecular weight is 113 g/mol. The van der Waals surface area contributed by atoms with Gasteiger partial charge >= 0.3 is 0 Å². The maximum absolute atomic E-state index is 2.26. The maximum atomic E-state index is 2.26. The molecule has 0 rings (SSSR count). The average Bonchev–Trinajstić information content (AvgIpc) is 1.83. The molecule has 0 nitrogen and oxygen atoms in total. The second-order valence-corrected chi connectivity index (χ2v) is 2.33. The van der Waals surface area contributed by atoms with Gasteiger partial charge in [-0.15, -0.1) is 0 Å². The molecular weight excluding hydrogens is 96.1 g/mol. The number of hydrogen-bond acceptors (Lipinski definition) is 0. The molecule has 0 aliphatic carbocycles. The Hall–Kier alpha value is 0. The summed E-state index contributed by atoms with van der Waals surface area (Å²) in [4.78, 5) is 0. The van der Waals surface area contributed by atoms with Crippen LogP contribution in [0.4, 0.5) is 0 Å². The van der Waals surface area contributed by atoms with E-state index in [1.54, 1.807) is 0 Å². The lowest BCUT2D eigenvalue weighted by atomic mass is 9.98. The van der Waals surface area contributed by atoms with E-state index in [0.29, 0.717) is 0 Å². The second kappa shape index (κ2) is 5.14. The topological polar surface area (TPSA) is 0 Å². The van der Waals surface area contributed by atoms with Gasteiger partial charge in [-0.05, 0) is 0 Å². The largest absolute Gasteiger partial charge is 0.331 e. The van der Waals surface area contributed by atoms with E-state index in [1.807, 2.05) is 0 Å². The Morgan fingerprint density at radius 2 is 1.75 bits per heavy atom. The van der Waals surface area contributed by atoms with Crippen molar-refractivity contribution >= 4 is 0 Å². The summed E-state index contributed by atoms with van der Waals surface area (Å²) in [6, 6.07) is 0. The molecule has 0 heteroatoms. The van der Waals surface area contributed by atoms with Crippen molar-refractivity contribution in [2.24, 2.45) is 5.92 Å². The van der Waals surface area contributed by atoms with Gasteiger partial charge in [-0.3, -0.25) is 0 Å². The van der Waals surface area contributed by atoms with Crippen LogP contribution in [0.2, 0.25) is 0 Å². The van der Waals surface area contributed by atoms with Crippen LogP contribution in [-0.2, 0) is 0 Å². The van der Waals surface area contributed by atoms with Crippen molar-refractivity contribution in [1.29, 1.82) is 0 Å². The third-order valence-corrected chi connectivity index (χ3v) is 1.72. The van der Waals surface area contributed by atoms with E-state index < -0.39 is 0 Å². The van der Waals surface area contributed by atoms with Gasteiger partial charge in [0.05, 0.1) is 0 Å². The first-order valence-electron chi connectivity index (χ1n) is 3.62. The fourth-order valence-electron chi connectivity index (χ4n) is 0.955. The predicted molar refractivity (Wildman–Crippen MR) is 38.7 cm³/mol. The van der Waals surface area contributed by atoms with Crippen LogP contribution in [0.25, 0.3) is 0 Å². The Morgan fingerprint density at radius 1 is 1.25 bits per heavy atom. The SMILES string of the molecule is C[CH-]CC(CC)CC. The zero-order valence-corrected chi connectivity index (χ0v) is 6.28. The highest BCUT2D eigenvalue weighted by atomic mass is 14.0. The van der Waals surface area contributed by atoms with Crippen molar-refractivity contribution in [3.05, 3.63) is 6.42 Å². The van der Waals surface area contributed by atoms with E-state index >= 15 is 0 Å². The Labute approximate surface area is 53.3 Å². The molecule has 0 aliphatic rings. The van der Waals surface area contributed by atoms with E-state index in [0.717, 1.165) is 5.92 Å². The highest BCUT2D eigenvalue weighted by Crippen LogP contribution is 2.12. The molecule has 0 aromatic carbocycles. The zero-order chi connectivity index (χ0) is 6.41. The third-order valence-electron chi connectivity index (χ3n) is 1.72. The molecular formula is C8H17-. The Bertz CT molecular complexity index is 35.3. The lowest BCUT2D eigenvalue weighted by Gasteiger charge is -2.14. The van der Waals surface area contributed by atoms with Crippen LogP contribution in [0.1, 0.15) is 40.0 Å². The molecule has 0 atom stereocenters. The third kappa shape index (κ3) is 3.06. The van der Waals surface area contributed by atoms with E-state index in [-0.39, 0.29) is 0 Å². The Balaban J connectivity index is 3.07. The first-order valence-corrected chi connectivity index (χ1v) is 3.62. The van der Waals surface area contributed by atoms with Crippen LogP contribution in [0.5, 0.6) is 0 Å². The smallest absolute Gasteiger partial charge is 0.0558 e. The highest BCUT2D eigenvalue weighted by molar-refractivity contribution is 4.63. The molecule has 0 aromatic heterocycles. The molecule has 0 saturated heterocycles. The highest BCUT2D eigenvalue weighted by Gasteiger charge is 1.93. The van der Waals surface area contributed by atoms with Gasteiger partial charge in [0.25, 0.3) is 0 Å². The van der Waals surface area contributed by atoms with Crippen molar-refractivity contribution in [3.63, 3.8) is 0 Å². The quantitative estimate of drug-likeness (QED) is 0.491. The molecule has 0 N–H and O–H groups in total. The minimum atomic E-state index is 0.944. The minimum absolute atomic E-state index is 0.944. The van der Waals surface area contributed by atoms with Gasteiger partial charge < -0.3 is 6.42 Å². The lowest BCUT2D eigenvalue weighted by molar-refractivity contribution is 0.486. The molecule has 0 fully saturated rings. The predicted octanol–water partition coefficient (Wildman–Crippen LogP) is 3.04. The summed E-state index contributed by atoms with van der Waals surface area (Å²) in [5.74, 6) is 0.944. The van der Waals surface area contributed by atoms with Gasteiger partial charge in [0, 0.05) is 0 Å². The minimum Gasteiger partial charge on any atom is -0.331 e. The van der Waals surface area contributed by atoms with E-state index in [2.05, 4.69) is 27.2 Å². The molecule has 0 unspecified atom stereocenters. The summed E-state index contributed by atoms with van der Waals surface area (Å²) < 4.78 is 0. The molecule has 0 amide bonds. The molecule has 0 heterocycles. The van der Waals surface area contributed by atoms with Crippen molar-refractivity contribution in [1.82, 2.24) is 0 Å². The summed E-state index contributed by atoms with van der Waals surface area (Å²) in [5, 5.41) is 0. The molecule has 0 bridgehead atoms. The van der Waals surface area contributed by atoms with E-state index in [1.165, 1.54) is 19.3 Å². The van der Waals surface area contributed by atoms with Crippen LogP contribution in [0, 0.1) is 12.3 Å². The van der Waals surface area contributed by atoms with Crippen molar-refractivity contribution in [3.8, 4) is 0 Å². The molecule has 0 radical (unpaired) electrons. The first-order chi connectivity index (χ1) is 3.85. The number of hydrogen-bond donors (Lipinski definition) is 0. The zero-order valence-electron chi connectivity index (χ0n) is 6.28. The van der Waals surface area contributed by atoms with Gasteiger partial charge in [-0.2, -0.15) is 13.3 Å². The lowest BCUT2D eigenvalue weighted by Crippen LogP contribution is -1.94. The van der Waals surface area contributed by atoms with Gasteiger partial charge in [-0.25, -0.2) is 0 Å². The number of rotatable bonds is 4. The summed E-state index contributed by atoms with van der Waals surface area (Å²) >= 11 is 0. The van der Waals surface area contributed by atoms with E-state index in [4.69, 9.17) is 0 Å². The van der Waals surface area contributed by atoms with Gasteiger partial charge in [0.1, 0.15) is 0 Å². The summed E-state index contributed by atoms with van der Waals surface area (Å²) in [5.41, 5.74) is 0. The van der Waals surface area contributed by atoms with Gasteiger partial charge in [0.15, 0.2) is 0 Å². The monoisotopic (exact) mass is 113 g/mol. The Kier molecular flexibility index (Phi) is 5.14. The van der Waals surface area contributed by atoms with Crippen LogP contribution < -0.4 is 0 Å². The van der Waals surface area contributed by atoms with Crippen LogP contribution in [-0.4, -0.2) is 0 Å². The van der Waals surface area contributed by atoms with Crippen molar-refractivity contribution in [2.75, 3.05) is 0 Å². The first kappa shape index (κ1) is 8.00.